The van der Waals surface area contributed by atoms with Gasteiger partial charge in [-0.25, -0.2) is 8.42 Å². The molecule has 8 heteroatoms. The van der Waals surface area contributed by atoms with Crippen molar-refractivity contribution in [2.24, 2.45) is 0 Å². The first-order chi connectivity index (χ1) is 10.6. The largest absolute Gasteiger partial charge is 0.416 e. The first kappa shape index (κ1) is 17.0. The van der Waals surface area contributed by atoms with Gasteiger partial charge in [-0.2, -0.15) is 13.2 Å². The third kappa shape index (κ3) is 4.32. The molecule has 2 aromatic rings. The van der Waals surface area contributed by atoms with Gasteiger partial charge in [0.05, 0.1) is 10.5 Å². The van der Waals surface area contributed by atoms with Gasteiger partial charge < -0.3 is 5.32 Å². The number of rotatable bonds is 3. The molecule has 0 spiro atoms. The molecule has 0 fully saturated rings. The molecule has 23 heavy (non-hydrogen) atoms. The van der Waals surface area contributed by atoms with E-state index in [-0.39, 0.29) is 16.1 Å². The Hall–Kier alpha value is -2.35. The average Bonchev–Trinajstić information content (AvgIpc) is 2.46. The van der Waals surface area contributed by atoms with Crippen molar-refractivity contribution in [3.8, 4) is 0 Å². The molecule has 0 radical (unpaired) electrons. The van der Waals surface area contributed by atoms with Gasteiger partial charge in [0, 0.05) is 17.5 Å². The summed E-state index contributed by atoms with van der Waals surface area (Å²) in [6, 6.07) is 9.34. The smallest absolute Gasteiger partial charge is 0.322 e. The standard InChI is InChI=1S/C15H12F3NO3S/c1-23(21,22)13-7-5-10(6-8-13)14(20)19-12-4-2-3-11(9-12)15(16,17)18/h2-9H,1H3,(H,19,20). The van der Waals surface area contributed by atoms with Crippen LogP contribution in [0.3, 0.4) is 0 Å². The quantitative estimate of drug-likeness (QED) is 0.929. The summed E-state index contributed by atoms with van der Waals surface area (Å²) in [7, 11) is -3.38. The van der Waals surface area contributed by atoms with Gasteiger partial charge in [-0.05, 0) is 42.5 Å². The summed E-state index contributed by atoms with van der Waals surface area (Å²) in [6.07, 6.45) is -3.47. The molecule has 0 saturated heterocycles. The zero-order valence-electron chi connectivity index (χ0n) is 11.9. The zero-order chi connectivity index (χ0) is 17.3. The van der Waals surface area contributed by atoms with Crippen molar-refractivity contribution < 1.29 is 26.4 Å². The maximum absolute atomic E-state index is 12.6. The fraction of sp³-hybridized carbons (Fsp3) is 0.133. The highest BCUT2D eigenvalue weighted by atomic mass is 32.2. The maximum atomic E-state index is 12.6. The van der Waals surface area contributed by atoms with E-state index in [1.807, 2.05) is 0 Å². The first-order valence-electron chi connectivity index (χ1n) is 6.36. The van der Waals surface area contributed by atoms with E-state index in [4.69, 9.17) is 0 Å². The number of carbonyl (C=O) groups excluding carboxylic acids is 1. The van der Waals surface area contributed by atoms with Crippen molar-refractivity contribution in [1.29, 1.82) is 0 Å². The summed E-state index contributed by atoms with van der Waals surface area (Å²) in [5.74, 6) is -0.635. The molecule has 0 bridgehead atoms. The van der Waals surface area contributed by atoms with E-state index >= 15 is 0 Å². The van der Waals surface area contributed by atoms with E-state index in [9.17, 15) is 26.4 Å². The predicted octanol–water partition coefficient (Wildman–Crippen LogP) is 3.36. The van der Waals surface area contributed by atoms with Crippen molar-refractivity contribution in [3.63, 3.8) is 0 Å². The number of hydrogen-bond donors (Lipinski definition) is 1. The molecular weight excluding hydrogens is 331 g/mol. The summed E-state index contributed by atoms with van der Waals surface area (Å²) < 4.78 is 60.5. The highest BCUT2D eigenvalue weighted by molar-refractivity contribution is 7.90. The zero-order valence-corrected chi connectivity index (χ0v) is 12.7. The van der Waals surface area contributed by atoms with Crippen LogP contribution in [0.2, 0.25) is 0 Å². The van der Waals surface area contributed by atoms with Gasteiger partial charge in [-0.3, -0.25) is 4.79 Å². The molecule has 0 aromatic heterocycles. The van der Waals surface area contributed by atoms with E-state index < -0.39 is 27.5 Å². The van der Waals surface area contributed by atoms with Gasteiger partial charge in [0.2, 0.25) is 0 Å². The number of amides is 1. The van der Waals surface area contributed by atoms with Crippen LogP contribution in [0.5, 0.6) is 0 Å². The topological polar surface area (TPSA) is 63.2 Å². The van der Waals surface area contributed by atoms with Crippen LogP contribution < -0.4 is 5.32 Å². The second-order valence-electron chi connectivity index (χ2n) is 4.83. The average molecular weight is 343 g/mol. The van der Waals surface area contributed by atoms with Crippen LogP contribution in [0.1, 0.15) is 15.9 Å². The van der Waals surface area contributed by atoms with E-state index in [2.05, 4.69) is 5.32 Å². The molecule has 0 atom stereocenters. The Bertz CT molecular complexity index is 828. The fourth-order valence-corrected chi connectivity index (χ4v) is 2.46. The summed E-state index contributed by atoms with van der Waals surface area (Å²) in [4.78, 5) is 12.0. The number of anilines is 1. The Morgan fingerprint density at radius 3 is 2.17 bits per heavy atom. The van der Waals surface area contributed by atoms with Crippen LogP contribution in [-0.4, -0.2) is 20.6 Å². The lowest BCUT2D eigenvalue weighted by atomic mass is 10.1. The van der Waals surface area contributed by atoms with Crippen molar-refractivity contribution in [3.05, 3.63) is 59.7 Å². The molecule has 0 heterocycles. The van der Waals surface area contributed by atoms with Gasteiger partial charge in [0.15, 0.2) is 9.84 Å². The van der Waals surface area contributed by atoms with E-state index in [0.29, 0.717) is 0 Å². The number of halogens is 3. The monoisotopic (exact) mass is 343 g/mol. The molecule has 4 nitrogen and oxygen atoms in total. The highest BCUT2D eigenvalue weighted by Gasteiger charge is 2.30. The van der Waals surface area contributed by atoms with Gasteiger partial charge >= 0.3 is 6.18 Å². The van der Waals surface area contributed by atoms with Crippen LogP contribution >= 0.6 is 0 Å². The molecule has 2 aromatic carbocycles. The van der Waals surface area contributed by atoms with E-state index in [1.54, 1.807) is 0 Å². The van der Waals surface area contributed by atoms with Crippen LogP contribution in [0.25, 0.3) is 0 Å². The van der Waals surface area contributed by atoms with Crippen LogP contribution in [0.15, 0.2) is 53.4 Å². The minimum Gasteiger partial charge on any atom is -0.322 e. The van der Waals surface area contributed by atoms with Crippen molar-refractivity contribution >= 4 is 21.4 Å². The summed E-state index contributed by atoms with van der Waals surface area (Å²) >= 11 is 0. The Balaban J connectivity index is 2.19. The molecule has 0 saturated carbocycles. The number of carbonyl (C=O) groups is 1. The summed E-state index contributed by atoms with van der Waals surface area (Å²) in [6.45, 7) is 0. The highest BCUT2D eigenvalue weighted by Crippen LogP contribution is 2.30. The Labute approximate surface area is 130 Å². The molecule has 0 aliphatic heterocycles. The molecule has 2 rings (SSSR count). The minimum absolute atomic E-state index is 0.00276. The van der Waals surface area contributed by atoms with Crippen molar-refractivity contribution in [2.45, 2.75) is 11.1 Å². The molecule has 122 valence electrons. The SMILES string of the molecule is CS(=O)(=O)c1ccc(C(=O)Nc2cccc(C(F)(F)F)c2)cc1. The fourth-order valence-electron chi connectivity index (χ4n) is 1.83. The first-order valence-corrected chi connectivity index (χ1v) is 8.25. The number of nitrogens with one attached hydrogen (secondary N) is 1. The van der Waals surface area contributed by atoms with Gasteiger partial charge in [-0.1, -0.05) is 6.07 Å². The summed E-state index contributed by atoms with van der Waals surface area (Å²) in [5, 5.41) is 2.34. The number of benzene rings is 2. The summed E-state index contributed by atoms with van der Waals surface area (Å²) in [5.41, 5.74) is -0.741. The van der Waals surface area contributed by atoms with Gasteiger partial charge in [-0.15, -0.1) is 0 Å². The Kier molecular flexibility index (Phi) is 4.46. The minimum atomic E-state index is -4.50. The van der Waals surface area contributed by atoms with Crippen LogP contribution in [0, 0.1) is 0 Å². The van der Waals surface area contributed by atoms with Gasteiger partial charge in [0.25, 0.3) is 5.91 Å². The third-order valence-corrected chi connectivity index (χ3v) is 4.12. The third-order valence-electron chi connectivity index (χ3n) is 2.99. The van der Waals surface area contributed by atoms with Crippen LogP contribution in [-0.2, 0) is 16.0 Å². The van der Waals surface area contributed by atoms with Crippen molar-refractivity contribution in [1.82, 2.24) is 0 Å². The molecule has 1 amide bonds. The number of alkyl halides is 3. The lowest BCUT2D eigenvalue weighted by Crippen LogP contribution is -2.13. The lowest BCUT2D eigenvalue weighted by Gasteiger charge is -2.10. The predicted molar refractivity (Wildman–Crippen MR) is 78.9 cm³/mol. The molecular formula is C15H12F3NO3S. The Morgan fingerprint density at radius 2 is 1.65 bits per heavy atom. The van der Waals surface area contributed by atoms with Gasteiger partial charge in [0.1, 0.15) is 0 Å². The maximum Gasteiger partial charge on any atom is 0.416 e. The van der Waals surface area contributed by atoms with Crippen molar-refractivity contribution in [2.75, 3.05) is 11.6 Å². The second kappa shape index (κ2) is 6.04. The normalized spacial score (nSPS) is 12.0. The number of sulfone groups is 1. The number of hydrogen-bond acceptors (Lipinski definition) is 3. The molecule has 1 N–H and O–H groups in total. The molecule has 0 unspecified atom stereocenters. The molecule has 0 aliphatic rings. The van der Waals surface area contributed by atoms with E-state index in [1.165, 1.54) is 36.4 Å². The van der Waals surface area contributed by atoms with Crippen LogP contribution in [0.4, 0.5) is 18.9 Å². The van der Waals surface area contributed by atoms with E-state index in [0.717, 1.165) is 18.4 Å². The Morgan fingerprint density at radius 1 is 1.04 bits per heavy atom. The lowest BCUT2D eigenvalue weighted by molar-refractivity contribution is -0.137. The second-order valence-corrected chi connectivity index (χ2v) is 6.84. The molecule has 0 aliphatic carbocycles.